The summed E-state index contributed by atoms with van der Waals surface area (Å²) in [5, 5.41) is 6.17. The molecule has 0 radical (unpaired) electrons. The second kappa shape index (κ2) is 10.0. The second-order valence-electron chi connectivity index (χ2n) is 7.80. The number of carbonyl (C=O) groups excluding carboxylic acids is 1. The highest BCUT2D eigenvalue weighted by atomic mass is 19.4. The SMILES string of the molecule is NC(=O)c1cnc(Nc2ccc(N3CCOCC3)cc2)cc1NCc1cccc(C(F)(F)F)c1. The molecule has 1 aromatic heterocycles. The first-order valence-corrected chi connectivity index (χ1v) is 10.7. The van der Waals surface area contributed by atoms with Gasteiger partial charge in [0.15, 0.2) is 0 Å². The number of morpholine rings is 1. The fourth-order valence-electron chi connectivity index (χ4n) is 3.65. The number of pyridine rings is 1. The maximum Gasteiger partial charge on any atom is 0.416 e. The number of alkyl halides is 3. The summed E-state index contributed by atoms with van der Waals surface area (Å²) in [5.74, 6) is -0.240. The maximum absolute atomic E-state index is 13.0. The van der Waals surface area contributed by atoms with Crippen molar-refractivity contribution < 1.29 is 22.7 Å². The number of hydrogen-bond acceptors (Lipinski definition) is 6. The van der Waals surface area contributed by atoms with Gasteiger partial charge in [-0.15, -0.1) is 0 Å². The largest absolute Gasteiger partial charge is 0.416 e. The number of rotatable bonds is 7. The number of primary amides is 1. The summed E-state index contributed by atoms with van der Waals surface area (Å²) in [6.45, 7) is 3.15. The molecule has 178 valence electrons. The average Bonchev–Trinajstić information content (AvgIpc) is 2.83. The zero-order valence-corrected chi connectivity index (χ0v) is 18.2. The van der Waals surface area contributed by atoms with Crippen LogP contribution in [0.15, 0.2) is 60.8 Å². The third kappa shape index (κ3) is 5.76. The summed E-state index contributed by atoms with van der Waals surface area (Å²) in [5.41, 5.74) is 7.52. The van der Waals surface area contributed by atoms with Crippen LogP contribution in [0.2, 0.25) is 0 Å². The molecule has 0 bridgehead atoms. The summed E-state index contributed by atoms with van der Waals surface area (Å²) in [6.07, 6.45) is -3.10. The van der Waals surface area contributed by atoms with Crippen molar-refractivity contribution in [2.75, 3.05) is 41.8 Å². The average molecular weight is 471 g/mol. The van der Waals surface area contributed by atoms with Crippen molar-refractivity contribution in [1.82, 2.24) is 4.98 Å². The van der Waals surface area contributed by atoms with Gasteiger partial charge in [0.1, 0.15) is 5.82 Å². The number of benzene rings is 2. The van der Waals surface area contributed by atoms with Crippen molar-refractivity contribution in [1.29, 1.82) is 0 Å². The fourth-order valence-corrected chi connectivity index (χ4v) is 3.65. The van der Waals surface area contributed by atoms with Crippen LogP contribution in [-0.4, -0.2) is 37.2 Å². The molecular formula is C24H24F3N5O2. The van der Waals surface area contributed by atoms with Crippen LogP contribution in [-0.2, 0) is 17.5 Å². The van der Waals surface area contributed by atoms with Crippen molar-refractivity contribution in [3.63, 3.8) is 0 Å². The van der Waals surface area contributed by atoms with Crippen molar-refractivity contribution in [3.8, 4) is 0 Å². The molecule has 1 saturated heterocycles. The number of amides is 1. The maximum atomic E-state index is 13.0. The smallest absolute Gasteiger partial charge is 0.380 e. The van der Waals surface area contributed by atoms with E-state index < -0.39 is 17.6 Å². The van der Waals surface area contributed by atoms with E-state index in [2.05, 4.69) is 20.5 Å². The lowest BCUT2D eigenvalue weighted by Crippen LogP contribution is -2.36. The Morgan fingerprint density at radius 2 is 1.82 bits per heavy atom. The second-order valence-corrected chi connectivity index (χ2v) is 7.80. The molecule has 0 unspecified atom stereocenters. The first kappa shape index (κ1) is 23.4. The Hall–Kier alpha value is -3.79. The molecule has 7 nitrogen and oxygen atoms in total. The molecule has 2 heterocycles. The van der Waals surface area contributed by atoms with Gasteiger partial charge in [-0.2, -0.15) is 13.2 Å². The Labute approximate surface area is 194 Å². The molecule has 2 aromatic carbocycles. The van der Waals surface area contributed by atoms with Crippen LogP contribution < -0.4 is 21.3 Å². The number of carbonyl (C=O) groups is 1. The van der Waals surface area contributed by atoms with Crippen LogP contribution in [0.25, 0.3) is 0 Å². The molecule has 1 amide bonds. The molecule has 1 fully saturated rings. The number of anilines is 4. The minimum absolute atomic E-state index is 0.0713. The number of nitrogens with one attached hydrogen (secondary N) is 2. The molecule has 0 spiro atoms. The third-order valence-corrected chi connectivity index (χ3v) is 5.42. The summed E-state index contributed by atoms with van der Waals surface area (Å²) in [6, 6.07) is 14.4. The standard InChI is InChI=1S/C24H24F3N5O2/c25-24(26,27)17-3-1-2-16(12-17)14-29-21-13-22(30-15-20(21)23(28)33)31-18-4-6-19(7-5-18)32-8-10-34-11-9-32/h1-7,12-13,15H,8-11,14H2,(H2,28,33)(H2,29,30,31). The Morgan fingerprint density at radius 1 is 1.09 bits per heavy atom. The minimum atomic E-state index is -4.43. The number of halogens is 3. The molecule has 0 saturated carbocycles. The zero-order valence-electron chi connectivity index (χ0n) is 18.2. The number of aromatic nitrogens is 1. The van der Waals surface area contributed by atoms with Crippen LogP contribution in [0.4, 0.5) is 36.1 Å². The lowest BCUT2D eigenvalue weighted by molar-refractivity contribution is -0.137. The quantitative estimate of drug-likeness (QED) is 0.473. The van der Waals surface area contributed by atoms with Gasteiger partial charge in [-0.1, -0.05) is 12.1 Å². The Kier molecular flexibility index (Phi) is 6.87. The zero-order chi connectivity index (χ0) is 24.1. The first-order valence-electron chi connectivity index (χ1n) is 10.7. The third-order valence-electron chi connectivity index (χ3n) is 5.42. The van der Waals surface area contributed by atoms with Crippen LogP contribution >= 0.6 is 0 Å². The van der Waals surface area contributed by atoms with Gasteiger partial charge in [-0.25, -0.2) is 4.98 Å². The molecule has 0 atom stereocenters. The van der Waals surface area contributed by atoms with E-state index in [1.165, 1.54) is 12.3 Å². The molecule has 4 N–H and O–H groups in total. The highest BCUT2D eigenvalue weighted by Crippen LogP contribution is 2.30. The van der Waals surface area contributed by atoms with E-state index in [0.29, 0.717) is 30.3 Å². The molecule has 34 heavy (non-hydrogen) atoms. The van der Waals surface area contributed by atoms with Gasteiger partial charge in [0.25, 0.3) is 5.91 Å². The molecule has 10 heteroatoms. The van der Waals surface area contributed by atoms with Gasteiger partial charge in [0.2, 0.25) is 0 Å². The fraction of sp³-hybridized carbons (Fsp3) is 0.250. The monoisotopic (exact) mass is 471 g/mol. The predicted octanol–water partition coefficient (Wildman–Crippen LogP) is 4.39. The van der Waals surface area contributed by atoms with Crippen molar-refractivity contribution >= 4 is 28.8 Å². The molecule has 4 rings (SSSR count). The number of ether oxygens (including phenoxy) is 1. The van der Waals surface area contributed by atoms with Crippen molar-refractivity contribution in [2.24, 2.45) is 5.73 Å². The van der Waals surface area contributed by atoms with E-state index in [9.17, 15) is 18.0 Å². The summed E-state index contributed by atoms with van der Waals surface area (Å²) in [4.78, 5) is 18.3. The van der Waals surface area contributed by atoms with Crippen LogP contribution in [0.5, 0.6) is 0 Å². The van der Waals surface area contributed by atoms with Crippen LogP contribution in [0.1, 0.15) is 21.5 Å². The van der Waals surface area contributed by atoms with Gasteiger partial charge in [0, 0.05) is 43.3 Å². The minimum Gasteiger partial charge on any atom is -0.380 e. The lowest BCUT2D eigenvalue weighted by atomic mass is 10.1. The number of nitrogens with zero attached hydrogens (tertiary/aromatic N) is 2. The van der Waals surface area contributed by atoms with E-state index in [0.717, 1.165) is 36.6 Å². The van der Waals surface area contributed by atoms with E-state index in [4.69, 9.17) is 10.5 Å². The van der Waals surface area contributed by atoms with Gasteiger partial charge in [-0.05, 0) is 42.0 Å². The summed E-state index contributed by atoms with van der Waals surface area (Å²) < 4.78 is 44.3. The summed E-state index contributed by atoms with van der Waals surface area (Å²) >= 11 is 0. The Bertz CT molecular complexity index is 1150. The number of nitrogens with two attached hydrogens (primary N) is 1. The molecule has 1 aliphatic rings. The van der Waals surface area contributed by atoms with Gasteiger partial charge in [-0.3, -0.25) is 4.79 Å². The van der Waals surface area contributed by atoms with Crippen molar-refractivity contribution in [3.05, 3.63) is 77.5 Å². The molecule has 1 aliphatic heterocycles. The van der Waals surface area contributed by atoms with Crippen molar-refractivity contribution in [2.45, 2.75) is 12.7 Å². The lowest BCUT2D eigenvalue weighted by Gasteiger charge is -2.28. The van der Waals surface area contributed by atoms with E-state index in [1.807, 2.05) is 24.3 Å². The Morgan fingerprint density at radius 3 is 2.50 bits per heavy atom. The van der Waals surface area contributed by atoms with E-state index in [-0.39, 0.29) is 12.1 Å². The highest BCUT2D eigenvalue weighted by molar-refractivity contribution is 5.98. The normalized spacial score (nSPS) is 14.0. The van der Waals surface area contributed by atoms with E-state index in [1.54, 1.807) is 12.1 Å². The van der Waals surface area contributed by atoms with E-state index >= 15 is 0 Å². The Balaban J connectivity index is 1.48. The molecular weight excluding hydrogens is 447 g/mol. The first-order chi connectivity index (χ1) is 16.3. The predicted molar refractivity (Wildman–Crippen MR) is 124 cm³/mol. The highest BCUT2D eigenvalue weighted by Gasteiger charge is 2.30. The summed E-state index contributed by atoms with van der Waals surface area (Å²) in [7, 11) is 0. The topological polar surface area (TPSA) is 92.5 Å². The molecule has 3 aromatic rings. The van der Waals surface area contributed by atoms with Gasteiger partial charge < -0.3 is 26.0 Å². The van der Waals surface area contributed by atoms with Crippen LogP contribution in [0.3, 0.4) is 0 Å². The number of hydrogen-bond donors (Lipinski definition) is 3. The molecule has 0 aliphatic carbocycles. The van der Waals surface area contributed by atoms with Gasteiger partial charge in [0.05, 0.1) is 30.0 Å². The van der Waals surface area contributed by atoms with Gasteiger partial charge >= 0.3 is 6.18 Å². The van der Waals surface area contributed by atoms with Crippen LogP contribution in [0, 0.1) is 0 Å².